The summed E-state index contributed by atoms with van der Waals surface area (Å²) >= 11 is 12.0. The van der Waals surface area contributed by atoms with E-state index in [2.05, 4.69) is 4.90 Å². The van der Waals surface area contributed by atoms with Gasteiger partial charge in [-0.05, 0) is 43.6 Å². The van der Waals surface area contributed by atoms with E-state index in [4.69, 9.17) is 33.4 Å². The zero-order valence-corrected chi connectivity index (χ0v) is 20.5. The first-order chi connectivity index (χ1) is 16.1. The lowest BCUT2D eigenvalue weighted by atomic mass is 10.1. The molecular weight excluding hydrogens is 485 g/mol. The standard InChI is InChI=1S/C19H25Cl2N3O2.C4H4O4/c1-14(25)23-8-9-24(16(13-23)12-22-6-2-3-7-22)19(26)11-15-4-5-17(20)18(21)10-15;5-3(6)1-2-4(7)8/h4-5,10,16H,2-3,6-9,11-13H2,1H3;1-2H,(H,5,6)(H,7,8)/b;2-1-. The number of halogens is 2. The third-order valence-electron chi connectivity index (χ3n) is 5.62. The quantitative estimate of drug-likeness (QED) is 0.560. The smallest absolute Gasteiger partial charge is 0.328 e. The Hall–Kier alpha value is -2.62. The van der Waals surface area contributed by atoms with E-state index >= 15 is 0 Å². The van der Waals surface area contributed by atoms with E-state index in [1.807, 2.05) is 15.9 Å². The first-order valence-corrected chi connectivity index (χ1v) is 11.7. The molecule has 0 aliphatic carbocycles. The monoisotopic (exact) mass is 513 g/mol. The van der Waals surface area contributed by atoms with Gasteiger partial charge >= 0.3 is 11.9 Å². The lowest BCUT2D eigenvalue weighted by Gasteiger charge is -2.42. The van der Waals surface area contributed by atoms with Crippen LogP contribution in [0.15, 0.2) is 30.4 Å². The minimum Gasteiger partial charge on any atom is -0.478 e. The SMILES string of the molecule is CC(=O)N1CCN(C(=O)Cc2ccc(Cl)c(Cl)c2)C(CN2CCCC2)C1.O=C(O)/C=C\C(=O)O. The maximum Gasteiger partial charge on any atom is 0.328 e. The predicted molar refractivity (Wildman–Crippen MR) is 128 cm³/mol. The molecule has 0 radical (unpaired) electrons. The molecule has 2 aliphatic rings. The van der Waals surface area contributed by atoms with Gasteiger partial charge < -0.3 is 24.9 Å². The number of benzene rings is 1. The number of carboxylic acids is 2. The van der Waals surface area contributed by atoms with Gasteiger partial charge in [-0.1, -0.05) is 29.3 Å². The Morgan fingerprint density at radius 2 is 1.59 bits per heavy atom. The summed E-state index contributed by atoms with van der Waals surface area (Å²) < 4.78 is 0. The molecule has 0 bridgehead atoms. The van der Waals surface area contributed by atoms with Crippen LogP contribution in [0.4, 0.5) is 0 Å². The highest BCUT2D eigenvalue weighted by molar-refractivity contribution is 6.42. The molecule has 11 heteroatoms. The van der Waals surface area contributed by atoms with Crippen LogP contribution < -0.4 is 0 Å². The highest BCUT2D eigenvalue weighted by atomic mass is 35.5. The summed E-state index contributed by atoms with van der Waals surface area (Å²) in [6.07, 6.45) is 3.83. The van der Waals surface area contributed by atoms with Gasteiger partial charge in [-0.2, -0.15) is 0 Å². The molecule has 0 saturated carbocycles. The first-order valence-electron chi connectivity index (χ1n) is 10.9. The molecular formula is C23H29Cl2N3O6. The number of carboxylic acid groups (broad SMARTS) is 2. The summed E-state index contributed by atoms with van der Waals surface area (Å²) in [5.41, 5.74) is 0.860. The molecule has 9 nitrogen and oxygen atoms in total. The normalized spacial score (nSPS) is 18.5. The number of piperazine rings is 1. The fourth-order valence-electron chi connectivity index (χ4n) is 3.96. The van der Waals surface area contributed by atoms with E-state index in [0.29, 0.717) is 48.3 Å². The van der Waals surface area contributed by atoms with Gasteiger partial charge in [0.1, 0.15) is 0 Å². The maximum absolute atomic E-state index is 13.0. The molecule has 0 spiro atoms. The third kappa shape index (κ3) is 8.96. The Balaban J connectivity index is 0.000000440. The van der Waals surface area contributed by atoms with Gasteiger partial charge in [0, 0.05) is 45.3 Å². The molecule has 1 aromatic carbocycles. The van der Waals surface area contributed by atoms with Crippen molar-refractivity contribution in [1.82, 2.24) is 14.7 Å². The molecule has 1 atom stereocenters. The molecule has 2 fully saturated rings. The summed E-state index contributed by atoms with van der Waals surface area (Å²) in [5, 5.41) is 16.6. The minimum absolute atomic E-state index is 0.0426. The highest BCUT2D eigenvalue weighted by Gasteiger charge is 2.33. The Kier molecular flexibility index (Phi) is 10.8. The van der Waals surface area contributed by atoms with E-state index in [1.54, 1.807) is 19.1 Å². The lowest BCUT2D eigenvalue weighted by Crippen LogP contribution is -2.59. The molecule has 2 aliphatic heterocycles. The lowest BCUT2D eigenvalue weighted by molar-refractivity contribution is -0.142. The first kappa shape index (κ1) is 27.6. The number of carbonyl (C=O) groups excluding carboxylic acids is 2. The van der Waals surface area contributed by atoms with Gasteiger partial charge in [0.05, 0.1) is 22.5 Å². The molecule has 186 valence electrons. The Labute approximate surface area is 208 Å². The van der Waals surface area contributed by atoms with Crippen molar-refractivity contribution in [3.8, 4) is 0 Å². The number of amides is 2. The second-order valence-corrected chi connectivity index (χ2v) is 8.96. The number of nitrogens with zero attached hydrogens (tertiary/aromatic N) is 3. The van der Waals surface area contributed by atoms with Crippen LogP contribution in [0.25, 0.3) is 0 Å². The minimum atomic E-state index is -1.26. The van der Waals surface area contributed by atoms with Crippen LogP contribution >= 0.6 is 23.2 Å². The number of hydrogen-bond donors (Lipinski definition) is 2. The van der Waals surface area contributed by atoms with Crippen LogP contribution in [-0.2, 0) is 25.6 Å². The molecule has 1 unspecified atom stereocenters. The fourth-order valence-corrected chi connectivity index (χ4v) is 4.28. The summed E-state index contributed by atoms with van der Waals surface area (Å²) in [4.78, 5) is 50.1. The molecule has 2 heterocycles. The average molecular weight is 514 g/mol. The van der Waals surface area contributed by atoms with Crippen molar-refractivity contribution in [2.24, 2.45) is 0 Å². The Morgan fingerprint density at radius 3 is 2.12 bits per heavy atom. The van der Waals surface area contributed by atoms with Crippen LogP contribution in [0.5, 0.6) is 0 Å². The summed E-state index contributed by atoms with van der Waals surface area (Å²) in [7, 11) is 0. The number of hydrogen-bond acceptors (Lipinski definition) is 5. The van der Waals surface area contributed by atoms with E-state index in [-0.39, 0.29) is 17.9 Å². The van der Waals surface area contributed by atoms with Crippen LogP contribution in [0, 0.1) is 0 Å². The molecule has 2 amide bonds. The second-order valence-electron chi connectivity index (χ2n) is 8.15. The zero-order chi connectivity index (χ0) is 25.3. The van der Waals surface area contributed by atoms with Gasteiger partial charge in [-0.3, -0.25) is 9.59 Å². The third-order valence-corrected chi connectivity index (χ3v) is 6.36. The number of aliphatic carboxylic acids is 2. The van der Waals surface area contributed by atoms with Gasteiger partial charge in [-0.25, -0.2) is 9.59 Å². The second kappa shape index (κ2) is 13.3. The summed E-state index contributed by atoms with van der Waals surface area (Å²) in [6.45, 7) is 6.37. The molecule has 3 rings (SSSR count). The fraction of sp³-hybridized carbons (Fsp3) is 0.478. The van der Waals surface area contributed by atoms with Gasteiger partial charge in [0.2, 0.25) is 11.8 Å². The van der Waals surface area contributed by atoms with Crippen molar-refractivity contribution in [3.05, 3.63) is 46.0 Å². The van der Waals surface area contributed by atoms with E-state index in [0.717, 1.165) is 25.2 Å². The van der Waals surface area contributed by atoms with Crippen molar-refractivity contribution >= 4 is 47.0 Å². The zero-order valence-electron chi connectivity index (χ0n) is 19.0. The van der Waals surface area contributed by atoms with Crippen molar-refractivity contribution < 1.29 is 29.4 Å². The van der Waals surface area contributed by atoms with Crippen LogP contribution in [0.3, 0.4) is 0 Å². The van der Waals surface area contributed by atoms with Crippen molar-refractivity contribution in [3.63, 3.8) is 0 Å². The van der Waals surface area contributed by atoms with Crippen molar-refractivity contribution in [2.75, 3.05) is 39.3 Å². The highest BCUT2D eigenvalue weighted by Crippen LogP contribution is 2.24. The average Bonchev–Trinajstić information content (AvgIpc) is 3.28. The molecule has 0 aromatic heterocycles. The van der Waals surface area contributed by atoms with E-state index in [1.165, 1.54) is 12.8 Å². The maximum atomic E-state index is 13.0. The molecule has 1 aromatic rings. The number of carbonyl (C=O) groups is 4. The van der Waals surface area contributed by atoms with Crippen molar-refractivity contribution in [2.45, 2.75) is 32.2 Å². The van der Waals surface area contributed by atoms with E-state index < -0.39 is 11.9 Å². The van der Waals surface area contributed by atoms with Gasteiger partial charge in [0.25, 0.3) is 0 Å². The van der Waals surface area contributed by atoms with Gasteiger partial charge in [0.15, 0.2) is 0 Å². The Morgan fingerprint density at radius 1 is 0.971 bits per heavy atom. The predicted octanol–water partition coefficient (Wildman–Crippen LogP) is 2.40. The molecule has 2 saturated heterocycles. The molecule has 34 heavy (non-hydrogen) atoms. The van der Waals surface area contributed by atoms with Crippen LogP contribution in [0.1, 0.15) is 25.3 Å². The van der Waals surface area contributed by atoms with Crippen LogP contribution in [0.2, 0.25) is 10.0 Å². The van der Waals surface area contributed by atoms with E-state index in [9.17, 15) is 19.2 Å². The Bertz CT molecular complexity index is 917. The summed E-state index contributed by atoms with van der Waals surface area (Å²) in [5.74, 6) is -2.36. The number of rotatable bonds is 6. The summed E-state index contributed by atoms with van der Waals surface area (Å²) in [6, 6.07) is 5.36. The van der Waals surface area contributed by atoms with Crippen molar-refractivity contribution in [1.29, 1.82) is 0 Å². The van der Waals surface area contributed by atoms with Gasteiger partial charge in [-0.15, -0.1) is 0 Å². The van der Waals surface area contributed by atoms with Crippen LogP contribution in [-0.4, -0.2) is 94.0 Å². The topological polar surface area (TPSA) is 118 Å². The number of likely N-dealkylation sites (tertiary alicyclic amines) is 1. The largest absolute Gasteiger partial charge is 0.478 e. The molecule has 2 N–H and O–H groups in total.